The van der Waals surface area contributed by atoms with Gasteiger partial charge < -0.3 is 14.7 Å². The van der Waals surface area contributed by atoms with Crippen LogP contribution in [0.25, 0.3) is 0 Å². The van der Waals surface area contributed by atoms with Crippen molar-refractivity contribution in [2.24, 2.45) is 5.92 Å². The Morgan fingerprint density at radius 2 is 1.97 bits per heavy atom. The van der Waals surface area contributed by atoms with E-state index in [0.29, 0.717) is 0 Å². The molecule has 0 fully saturated rings. The van der Waals surface area contributed by atoms with E-state index in [0.717, 1.165) is 21.9 Å². The summed E-state index contributed by atoms with van der Waals surface area (Å²) in [6.45, 7) is 3.45. The van der Waals surface area contributed by atoms with Crippen molar-refractivity contribution in [3.8, 4) is 5.75 Å². The summed E-state index contributed by atoms with van der Waals surface area (Å²) in [5, 5.41) is 11.4. The molecule has 188 valence electrons. The van der Waals surface area contributed by atoms with E-state index >= 15 is 0 Å². The summed E-state index contributed by atoms with van der Waals surface area (Å²) in [5.41, 5.74) is 0.183. The first kappa shape index (κ1) is 26.4. The van der Waals surface area contributed by atoms with E-state index in [9.17, 15) is 26.7 Å². The van der Waals surface area contributed by atoms with Crippen LogP contribution in [0, 0.1) is 5.92 Å². The van der Waals surface area contributed by atoms with Gasteiger partial charge in [0.05, 0.1) is 36.7 Å². The Morgan fingerprint density at radius 3 is 2.56 bits per heavy atom. The lowest BCUT2D eigenvalue weighted by Crippen LogP contribution is -2.50. The molecule has 1 aliphatic rings. The minimum absolute atomic E-state index is 0.0129. The van der Waals surface area contributed by atoms with Crippen molar-refractivity contribution in [3.63, 3.8) is 0 Å². The molecule has 2 aromatic rings. The van der Waals surface area contributed by atoms with Gasteiger partial charge in [0.1, 0.15) is 10.3 Å². The van der Waals surface area contributed by atoms with Crippen molar-refractivity contribution in [1.82, 2.24) is 9.21 Å². The number of sulfonamides is 2. The molecule has 1 aromatic carbocycles. The van der Waals surface area contributed by atoms with Crippen molar-refractivity contribution in [3.05, 3.63) is 41.3 Å². The predicted molar refractivity (Wildman–Crippen MR) is 130 cm³/mol. The maximum atomic E-state index is 13.4. The molecule has 0 bridgehead atoms. The average Bonchev–Trinajstić information content (AvgIpc) is 3.31. The van der Waals surface area contributed by atoms with Crippen molar-refractivity contribution in [2.45, 2.75) is 30.2 Å². The highest BCUT2D eigenvalue weighted by molar-refractivity contribution is 7.94. The first-order valence-electron chi connectivity index (χ1n) is 10.5. The highest BCUT2D eigenvalue weighted by atomic mass is 32.2. The van der Waals surface area contributed by atoms with Gasteiger partial charge in [-0.15, -0.1) is 11.3 Å². The Balaban J connectivity index is 2.11. The molecule has 0 aliphatic carbocycles. The number of para-hydroxylation sites is 1. The third-order valence-electron chi connectivity index (χ3n) is 5.70. The number of aliphatic hydroxyl groups excluding tert-OH is 1. The second kappa shape index (κ2) is 10.2. The van der Waals surface area contributed by atoms with E-state index in [4.69, 9.17) is 4.74 Å². The fraction of sp³-hybridized carbons (Fsp3) is 0.476. The number of nitrogens with one attached hydrogen (secondary N) is 1. The fourth-order valence-electron chi connectivity index (χ4n) is 3.54. The lowest BCUT2D eigenvalue weighted by Gasteiger charge is -2.38. The minimum Gasteiger partial charge on any atom is -0.486 e. The molecule has 0 radical (unpaired) electrons. The number of carbonyl (C=O) groups excluding carboxylic acids is 1. The van der Waals surface area contributed by atoms with E-state index in [1.807, 2.05) is 6.92 Å². The summed E-state index contributed by atoms with van der Waals surface area (Å²) in [6.07, 6.45) is 0.381. The molecule has 0 unspecified atom stereocenters. The van der Waals surface area contributed by atoms with Gasteiger partial charge in [-0.2, -0.15) is 0 Å². The van der Waals surface area contributed by atoms with Crippen LogP contribution >= 0.6 is 11.3 Å². The molecule has 0 saturated carbocycles. The van der Waals surface area contributed by atoms with Crippen molar-refractivity contribution < 1.29 is 31.5 Å². The van der Waals surface area contributed by atoms with Gasteiger partial charge in [-0.25, -0.2) is 21.1 Å². The van der Waals surface area contributed by atoms with E-state index < -0.39 is 38.1 Å². The molecule has 3 rings (SSSR count). The first-order valence-corrected chi connectivity index (χ1v) is 14.8. The summed E-state index contributed by atoms with van der Waals surface area (Å²) >= 11 is 1.05. The average molecular weight is 532 g/mol. The lowest BCUT2D eigenvalue weighted by molar-refractivity contribution is 0.0389. The van der Waals surface area contributed by atoms with Gasteiger partial charge >= 0.3 is 0 Å². The normalized spacial score (nSPS) is 20.3. The molecule has 1 aromatic heterocycles. The number of amides is 1. The standard InChI is InChI=1S/C21H29N3O7S3/c1-14-11-24(15(2)13-25)21(26)16-7-5-8-17(22-34(29,30)19-9-6-10-32-19)20(16)31-18(14)12-23(3)33(4,27)28/h5-10,14-15,18,22,25H,11-13H2,1-4H3/t14-,15-,18-/m1/s1. The number of anilines is 1. The smallest absolute Gasteiger partial charge is 0.271 e. The number of aliphatic hydroxyl groups is 1. The fourth-order valence-corrected chi connectivity index (χ4v) is 6.01. The Kier molecular flexibility index (Phi) is 7.92. The Bertz CT molecular complexity index is 1230. The molecule has 0 saturated heterocycles. The van der Waals surface area contributed by atoms with Crippen LogP contribution in [0.2, 0.25) is 0 Å². The number of ether oxygens (including phenoxy) is 1. The number of hydrogen-bond acceptors (Lipinski definition) is 8. The van der Waals surface area contributed by atoms with Crippen LogP contribution in [-0.2, 0) is 20.0 Å². The zero-order valence-corrected chi connectivity index (χ0v) is 21.8. The largest absolute Gasteiger partial charge is 0.486 e. The summed E-state index contributed by atoms with van der Waals surface area (Å²) in [6, 6.07) is 7.10. The van der Waals surface area contributed by atoms with E-state index in [-0.39, 0.29) is 46.8 Å². The predicted octanol–water partition coefficient (Wildman–Crippen LogP) is 1.66. The van der Waals surface area contributed by atoms with Gasteiger partial charge in [-0.05, 0) is 30.5 Å². The van der Waals surface area contributed by atoms with Crippen molar-refractivity contribution in [1.29, 1.82) is 0 Å². The van der Waals surface area contributed by atoms with Gasteiger partial charge in [0.25, 0.3) is 15.9 Å². The summed E-state index contributed by atoms with van der Waals surface area (Å²) < 4.78 is 59.8. The number of benzene rings is 1. The van der Waals surface area contributed by atoms with Gasteiger partial charge in [0, 0.05) is 19.5 Å². The van der Waals surface area contributed by atoms with Gasteiger partial charge in [0.2, 0.25) is 10.0 Å². The van der Waals surface area contributed by atoms with E-state index in [1.165, 1.54) is 36.2 Å². The highest BCUT2D eigenvalue weighted by Crippen LogP contribution is 2.36. The zero-order chi connectivity index (χ0) is 25.3. The van der Waals surface area contributed by atoms with Crippen LogP contribution in [0.15, 0.2) is 39.9 Å². The quantitative estimate of drug-likeness (QED) is 0.529. The van der Waals surface area contributed by atoms with Crippen LogP contribution in [0.4, 0.5) is 5.69 Å². The zero-order valence-electron chi connectivity index (χ0n) is 19.3. The molecular weight excluding hydrogens is 502 g/mol. The second-order valence-electron chi connectivity index (χ2n) is 8.39. The van der Waals surface area contributed by atoms with Crippen molar-refractivity contribution in [2.75, 3.05) is 37.7 Å². The lowest BCUT2D eigenvalue weighted by atomic mass is 9.99. The first-order chi connectivity index (χ1) is 15.8. The molecule has 13 heteroatoms. The molecule has 2 N–H and O–H groups in total. The van der Waals surface area contributed by atoms with Crippen LogP contribution in [-0.4, -0.2) is 82.2 Å². The number of carbonyl (C=O) groups is 1. The number of rotatable bonds is 8. The molecule has 34 heavy (non-hydrogen) atoms. The third kappa shape index (κ3) is 5.71. The molecule has 10 nitrogen and oxygen atoms in total. The summed E-state index contributed by atoms with van der Waals surface area (Å²) in [7, 11) is -6.03. The van der Waals surface area contributed by atoms with Gasteiger partial charge in [-0.3, -0.25) is 9.52 Å². The van der Waals surface area contributed by atoms with Crippen LogP contribution in [0.5, 0.6) is 5.75 Å². The van der Waals surface area contributed by atoms with Gasteiger partial charge in [0.15, 0.2) is 5.75 Å². The number of nitrogens with zero attached hydrogens (tertiary/aromatic N) is 2. The molecule has 0 spiro atoms. The molecule has 3 atom stereocenters. The maximum Gasteiger partial charge on any atom is 0.271 e. The maximum absolute atomic E-state index is 13.4. The minimum atomic E-state index is -3.94. The van der Waals surface area contributed by atoms with Crippen molar-refractivity contribution >= 4 is 43.0 Å². The van der Waals surface area contributed by atoms with Crippen LogP contribution in [0.1, 0.15) is 24.2 Å². The third-order valence-corrected chi connectivity index (χ3v) is 9.74. The SMILES string of the molecule is C[C@@H]1CN([C@H](C)CO)C(=O)c2cccc(NS(=O)(=O)c3cccs3)c2O[C@@H]1CN(C)S(C)(=O)=O. The highest BCUT2D eigenvalue weighted by Gasteiger charge is 2.35. The molecule has 2 heterocycles. The molecule has 1 amide bonds. The summed E-state index contributed by atoms with van der Waals surface area (Å²) in [4.78, 5) is 14.9. The van der Waals surface area contributed by atoms with E-state index in [1.54, 1.807) is 18.4 Å². The number of fused-ring (bicyclic) bond motifs is 1. The van der Waals surface area contributed by atoms with Gasteiger partial charge in [-0.1, -0.05) is 19.1 Å². The van der Waals surface area contributed by atoms with E-state index in [2.05, 4.69) is 4.72 Å². The monoisotopic (exact) mass is 531 g/mol. The Labute approximate surface area is 204 Å². The van der Waals surface area contributed by atoms with Crippen LogP contribution < -0.4 is 9.46 Å². The summed E-state index contributed by atoms with van der Waals surface area (Å²) in [5.74, 6) is -0.742. The number of likely N-dealkylation sites (N-methyl/N-ethyl adjacent to an activating group) is 1. The number of hydrogen-bond donors (Lipinski definition) is 2. The number of thiophene rings is 1. The van der Waals surface area contributed by atoms with Crippen LogP contribution in [0.3, 0.4) is 0 Å². The topological polar surface area (TPSA) is 133 Å². The Morgan fingerprint density at radius 1 is 1.26 bits per heavy atom. The molecule has 1 aliphatic heterocycles. The second-order valence-corrected chi connectivity index (χ2v) is 13.3. The Hall–Kier alpha value is -2.19. The molecular formula is C21H29N3O7S3.